The number of carbonyl (C=O) groups excluding carboxylic acids is 1. The molecule has 23 heavy (non-hydrogen) atoms. The molecule has 0 bridgehead atoms. The Morgan fingerprint density at radius 1 is 1.52 bits per heavy atom. The number of carbonyl (C=O) groups is 2. The van der Waals surface area contributed by atoms with Crippen molar-refractivity contribution in [2.75, 3.05) is 0 Å². The molecule has 1 fully saturated rings. The van der Waals surface area contributed by atoms with E-state index in [0.717, 1.165) is 11.0 Å². The molecular weight excluding hydrogens is 318 g/mol. The molecule has 0 radical (unpaired) electrons. The van der Waals surface area contributed by atoms with Gasteiger partial charge in [0.2, 0.25) is 5.91 Å². The van der Waals surface area contributed by atoms with E-state index in [4.69, 9.17) is 11.6 Å². The molecule has 7 heteroatoms. The van der Waals surface area contributed by atoms with Crippen LogP contribution in [0.15, 0.2) is 18.2 Å². The molecule has 6 nitrogen and oxygen atoms in total. The fourth-order valence-corrected chi connectivity index (χ4v) is 3.36. The number of fused-ring (bicyclic) bond motifs is 1. The monoisotopic (exact) mass is 335 g/mol. The van der Waals surface area contributed by atoms with Crippen molar-refractivity contribution in [3.63, 3.8) is 0 Å². The number of hydrogen-bond donors (Lipinski definition) is 3. The molecule has 1 aliphatic carbocycles. The van der Waals surface area contributed by atoms with Crippen LogP contribution in [0.25, 0.3) is 11.0 Å². The van der Waals surface area contributed by atoms with Crippen LogP contribution >= 0.6 is 11.6 Å². The minimum Gasteiger partial charge on any atom is -0.481 e. The molecule has 122 valence electrons. The molecule has 1 heterocycles. The van der Waals surface area contributed by atoms with Gasteiger partial charge in [0.1, 0.15) is 5.82 Å². The van der Waals surface area contributed by atoms with Crippen molar-refractivity contribution in [3.8, 4) is 0 Å². The van der Waals surface area contributed by atoms with Gasteiger partial charge in [-0.05, 0) is 30.5 Å². The first-order chi connectivity index (χ1) is 10.8. The van der Waals surface area contributed by atoms with Crippen LogP contribution in [0.4, 0.5) is 0 Å². The summed E-state index contributed by atoms with van der Waals surface area (Å²) in [6, 6.07) is 5.32. The molecule has 0 unspecified atom stereocenters. The molecule has 1 aliphatic rings. The zero-order chi connectivity index (χ0) is 16.8. The molecule has 0 saturated heterocycles. The first-order valence-corrected chi connectivity index (χ1v) is 7.87. The molecule has 1 aromatic heterocycles. The normalized spacial score (nSPS) is 23.2. The number of amides is 1. The topological polar surface area (TPSA) is 95.1 Å². The summed E-state index contributed by atoms with van der Waals surface area (Å²) in [5.74, 6) is -1.15. The predicted molar refractivity (Wildman–Crippen MR) is 86.0 cm³/mol. The van der Waals surface area contributed by atoms with Gasteiger partial charge < -0.3 is 15.4 Å². The molecule has 3 rings (SSSR count). The smallest absolute Gasteiger partial charge is 0.307 e. The molecule has 1 aromatic carbocycles. The van der Waals surface area contributed by atoms with Crippen LogP contribution in [-0.4, -0.2) is 27.0 Å². The molecule has 0 aliphatic heterocycles. The molecule has 2 atom stereocenters. The number of aromatic amines is 1. The van der Waals surface area contributed by atoms with Crippen LogP contribution in [-0.2, 0) is 16.1 Å². The highest BCUT2D eigenvalue weighted by Crippen LogP contribution is 2.58. The van der Waals surface area contributed by atoms with Gasteiger partial charge in [0.05, 0.1) is 28.9 Å². The Bertz CT molecular complexity index is 786. The Balaban J connectivity index is 1.71. The Morgan fingerprint density at radius 2 is 2.26 bits per heavy atom. The van der Waals surface area contributed by atoms with Gasteiger partial charge >= 0.3 is 5.97 Å². The third kappa shape index (κ3) is 2.67. The van der Waals surface area contributed by atoms with Crippen molar-refractivity contribution in [2.24, 2.45) is 17.3 Å². The lowest BCUT2D eigenvalue weighted by atomic mass is 9.88. The van der Waals surface area contributed by atoms with Gasteiger partial charge in [-0.25, -0.2) is 4.98 Å². The number of halogens is 1. The highest BCUT2D eigenvalue weighted by molar-refractivity contribution is 6.31. The second-order valence-electron chi connectivity index (χ2n) is 6.32. The van der Waals surface area contributed by atoms with Crippen LogP contribution in [0.2, 0.25) is 5.02 Å². The molecular formula is C16H18ClN3O3. The van der Waals surface area contributed by atoms with E-state index in [-0.39, 0.29) is 18.4 Å². The number of rotatable bonds is 5. The Hall–Kier alpha value is -2.08. The Labute approximate surface area is 138 Å². The lowest BCUT2D eigenvalue weighted by Crippen LogP contribution is -2.37. The number of H-pyrrole nitrogens is 1. The van der Waals surface area contributed by atoms with Gasteiger partial charge in [-0.2, -0.15) is 0 Å². The first-order valence-electron chi connectivity index (χ1n) is 7.50. The summed E-state index contributed by atoms with van der Waals surface area (Å²) in [7, 11) is 0. The predicted octanol–water partition coefficient (Wildman–Crippen LogP) is 2.58. The van der Waals surface area contributed by atoms with Gasteiger partial charge in [-0.15, -0.1) is 0 Å². The molecule has 0 spiro atoms. The first kappa shape index (κ1) is 15.8. The third-order valence-electron chi connectivity index (χ3n) is 4.66. The summed E-state index contributed by atoms with van der Waals surface area (Å²) in [6.07, 6.45) is 0.390. The Morgan fingerprint density at radius 3 is 2.87 bits per heavy atom. The molecule has 1 saturated carbocycles. The number of nitrogens with one attached hydrogen (secondary N) is 2. The van der Waals surface area contributed by atoms with Crippen molar-refractivity contribution in [1.82, 2.24) is 15.3 Å². The van der Waals surface area contributed by atoms with Crippen molar-refractivity contribution in [1.29, 1.82) is 0 Å². The summed E-state index contributed by atoms with van der Waals surface area (Å²) >= 11 is 5.93. The van der Waals surface area contributed by atoms with E-state index in [1.807, 2.05) is 13.8 Å². The quantitative estimate of drug-likeness (QED) is 0.782. The number of aliphatic carboxylic acids is 1. The fourth-order valence-electron chi connectivity index (χ4n) is 3.18. The number of nitrogens with zero attached hydrogens (tertiary/aromatic N) is 1. The van der Waals surface area contributed by atoms with Gasteiger partial charge in [-0.3, -0.25) is 9.59 Å². The van der Waals surface area contributed by atoms with E-state index >= 15 is 0 Å². The maximum Gasteiger partial charge on any atom is 0.307 e. The third-order valence-corrected chi connectivity index (χ3v) is 4.90. The zero-order valence-electron chi connectivity index (χ0n) is 12.9. The van der Waals surface area contributed by atoms with E-state index in [0.29, 0.717) is 17.3 Å². The number of hydrogen-bond acceptors (Lipinski definition) is 3. The number of benzene rings is 1. The van der Waals surface area contributed by atoms with E-state index in [9.17, 15) is 14.7 Å². The minimum absolute atomic E-state index is 0.0296. The Kier molecular flexibility index (Phi) is 3.80. The van der Waals surface area contributed by atoms with Crippen LogP contribution in [0.3, 0.4) is 0 Å². The fraction of sp³-hybridized carbons (Fsp3) is 0.438. The summed E-state index contributed by atoms with van der Waals surface area (Å²) in [6.45, 7) is 3.99. The average molecular weight is 336 g/mol. The van der Waals surface area contributed by atoms with Crippen molar-refractivity contribution in [2.45, 2.75) is 26.8 Å². The van der Waals surface area contributed by atoms with Crippen LogP contribution in [0.1, 0.15) is 26.1 Å². The zero-order valence-corrected chi connectivity index (χ0v) is 13.6. The summed E-state index contributed by atoms with van der Waals surface area (Å²) in [4.78, 5) is 31.2. The van der Waals surface area contributed by atoms with Crippen LogP contribution < -0.4 is 5.32 Å². The molecule has 1 amide bonds. The van der Waals surface area contributed by atoms with E-state index in [2.05, 4.69) is 15.3 Å². The maximum atomic E-state index is 12.5. The second kappa shape index (κ2) is 5.53. The lowest BCUT2D eigenvalue weighted by molar-refractivity contribution is -0.142. The second-order valence-corrected chi connectivity index (χ2v) is 6.75. The van der Waals surface area contributed by atoms with E-state index < -0.39 is 17.3 Å². The van der Waals surface area contributed by atoms with Crippen molar-refractivity contribution >= 4 is 34.5 Å². The molecule has 3 N–H and O–H groups in total. The van der Waals surface area contributed by atoms with E-state index in [1.54, 1.807) is 18.2 Å². The average Bonchev–Trinajstić information content (AvgIpc) is 3.14. The van der Waals surface area contributed by atoms with E-state index in [1.165, 1.54) is 0 Å². The summed E-state index contributed by atoms with van der Waals surface area (Å²) < 4.78 is 0. The van der Waals surface area contributed by atoms with Gasteiger partial charge in [-0.1, -0.05) is 25.4 Å². The van der Waals surface area contributed by atoms with Crippen molar-refractivity contribution < 1.29 is 14.7 Å². The van der Waals surface area contributed by atoms with Crippen molar-refractivity contribution in [3.05, 3.63) is 29.0 Å². The standard InChI is InChI=1S/C16H18ClN3O3/c1-8(2)16(6-10(16)14(21)22)15(23)18-7-13-19-11-4-3-9(17)5-12(11)20-13/h3-5,8,10H,6-7H2,1-2H3,(H,18,23)(H,19,20)(H,21,22)/t10-,16+/m0/s1. The number of aromatic nitrogens is 2. The largest absolute Gasteiger partial charge is 0.481 e. The number of imidazole rings is 1. The van der Waals surface area contributed by atoms with Gasteiger partial charge in [0, 0.05) is 5.02 Å². The van der Waals surface area contributed by atoms with Crippen LogP contribution in [0.5, 0.6) is 0 Å². The highest BCUT2D eigenvalue weighted by Gasteiger charge is 2.65. The number of carboxylic acid groups (broad SMARTS) is 1. The molecule has 2 aromatic rings. The number of carboxylic acids is 1. The van der Waals surface area contributed by atoms with Crippen LogP contribution in [0, 0.1) is 17.3 Å². The van der Waals surface area contributed by atoms with Gasteiger partial charge in [0.15, 0.2) is 0 Å². The minimum atomic E-state index is -0.910. The van der Waals surface area contributed by atoms with Gasteiger partial charge in [0.25, 0.3) is 0 Å². The summed E-state index contributed by atoms with van der Waals surface area (Å²) in [5.41, 5.74) is 0.767. The maximum absolute atomic E-state index is 12.5. The highest BCUT2D eigenvalue weighted by atomic mass is 35.5. The lowest BCUT2D eigenvalue weighted by Gasteiger charge is -2.19. The summed E-state index contributed by atoms with van der Waals surface area (Å²) in [5, 5.41) is 12.6. The SMILES string of the molecule is CC(C)[C@]1(C(=O)NCc2nc3ccc(Cl)cc3[nH]2)C[C@H]1C(=O)O.